The van der Waals surface area contributed by atoms with Crippen LogP contribution in [0.5, 0.6) is 0 Å². The largest absolute Gasteiger partial charge is 0.381 e. The van der Waals surface area contributed by atoms with Crippen LogP contribution in [-0.4, -0.2) is 38.0 Å². The van der Waals surface area contributed by atoms with Crippen LogP contribution in [0.15, 0.2) is 0 Å². The van der Waals surface area contributed by atoms with Gasteiger partial charge in [-0.2, -0.15) is 0 Å². The number of hydrogen-bond donors (Lipinski definition) is 1. The normalized spacial score (nSPS) is 40.9. The Labute approximate surface area is 97.9 Å². The maximum Gasteiger partial charge on any atom is 0.0619 e. The highest BCUT2D eigenvalue weighted by molar-refractivity contribution is 4.92. The van der Waals surface area contributed by atoms with Crippen molar-refractivity contribution in [2.75, 3.05) is 19.8 Å². The predicted molar refractivity (Wildman–Crippen MR) is 62.5 cm³/mol. The molecule has 3 heteroatoms. The van der Waals surface area contributed by atoms with E-state index >= 15 is 0 Å². The molecule has 2 saturated heterocycles. The van der Waals surface area contributed by atoms with Gasteiger partial charge < -0.3 is 14.8 Å². The molecule has 1 saturated carbocycles. The first kappa shape index (κ1) is 11.0. The van der Waals surface area contributed by atoms with Gasteiger partial charge in [0.2, 0.25) is 0 Å². The molecule has 2 aliphatic heterocycles. The molecule has 16 heavy (non-hydrogen) atoms. The number of fused-ring (bicyclic) bond motifs is 1. The van der Waals surface area contributed by atoms with Gasteiger partial charge in [0.25, 0.3) is 0 Å². The van der Waals surface area contributed by atoms with Gasteiger partial charge in [0, 0.05) is 37.8 Å². The molecule has 0 aromatic rings. The zero-order chi connectivity index (χ0) is 10.8. The Morgan fingerprint density at radius 3 is 2.62 bits per heavy atom. The molecule has 0 spiro atoms. The Bertz CT molecular complexity index is 228. The monoisotopic (exact) mass is 225 g/mol. The molecule has 3 rings (SSSR count). The van der Waals surface area contributed by atoms with Crippen LogP contribution in [0.1, 0.15) is 38.5 Å². The fourth-order valence-electron chi connectivity index (χ4n) is 3.55. The second-order valence-electron chi connectivity index (χ2n) is 5.45. The molecule has 2 heterocycles. The highest BCUT2D eigenvalue weighted by Crippen LogP contribution is 2.34. The minimum absolute atomic E-state index is 0.561. The SMILES string of the molecule is C1CC(NC2CCOCC2)C2CCOC2C1. The van der Waals surface area contributed by atoms with Crippen LogP contribution < -0.4 is 5.32 Å². The van der Waals surface area contributed by atoms with Gasteiger partial charge in [-0.05, 0) is 38.5 Å². The molecule has 0 aromatic carbocycles. The third-order valence-electron chi connectivity index (χ3n) is 4.45. The first-order valence-corrected chi connectivity index (χ1v) is 6.89. The van der Waals surface area contributed by atoms with E-state index in [1.807, 2.05) is 0 Å². The van der Waals surface area contributed by atoms with Crippen molar-refractivity contribution in [3.8, 4) is 0 Å². The molecule has 3 atom stereocenters. The molecule has 3 unspecified atom stereocenters. The molecule has 3 fully saturated rings. The molecule has 0 radical (unpaired) electrons. The molecule has 0 aromatic heterocycles. The highest BCUT2D eigenvalue weighted by atomic mass is 16.5. The van der Waals surface area contributed by atoms with Gasteiger partial charge in [-0.15, -0.1) is 0 Å². The maximum absolute atomic E-state index is 5.81. The summed E-state index contributed by atoms with van der Waals surface area (Å²) in [4.78, 5) is 0. The van der Waals surface area contributed by atoms with Gasteiger partial charge in [0.05, 0.1) is 6.10 Å². The summed E-state index contributed by atoms with van der Waals surface area (Å²) in [5.74, 6) is 0.789. The summed E-state index contributed by atoms with van der Waals surface area (Å²) in [6, 6.07) is 1.41. The van der Waals surface area contributed by atoms with E-state index in [1.165, 1.54) is 38.5 Å². The summed E-state index contributed by atoms with van der Waals surface area (Å²) in [5, 5.41) is 3.87. The van der Waals surface area contributed by atoms with E-state index in [0.717, 1.165) is 25.7 Å². The second kappa shape index (κ2) is 5.03. The summed E-state index contributed by atoms with van der Waals surface area (Å²) < 4.78 is 11.2. The maximum atomic E-state index is 5.81. The van der Waals surface area contributed by atoms with E-state index in [4.69, 9.17) is 9.47 Å². The van der Waals surface area contributed by atoms with Gasteiger partial charge >= 0.3 is 0 Å². The van der Waals surface area contributed by atoms with Gasteiger partial charge in [0.15, 0.2) is 0 Å². The predicted octanol–water partition coefficient (Wildman–Crippen LogP) is 1.71. The summed E-state index contributed by atoms with van der Waals surface area (Å²) >= 11 is 0. The lowest BCUT2D eigenvalue weighted by Gasteiger charge is -2.37. The lowest BCUT2D eigenvalue weighted by molar-refractivity contribution is 0.0392. The smallest absolute Gasteiger partial charge is 0.0619 e. The zero-order valence-electron chi connectivity index (χ0n) is 9.99. The molecular weight excluding hydrogens is 202 g/mol. The number of rotatable bonds is 2. The van der Waals surface area contributed by atoms with Crippen molar-refractivity contribution in [3.05, 3.63) is 0 Å². The van der Waals surface area contributed by atoms with Crippen LogP contribution in [0.4, 0.5) is 0 Å². The van der Waals surface area contributed by atoms with Crippen LogP contribution in [0.3, 0.4) is 0 Å². The average Bonchev–Trinajstić information content (AvgIpc) is 2.80. The summed E-state index contributed by atoms with van der Waals surface area (Å²) in [6.45, 7) is 2.87. The molecule has 0 amide bonds. The van der Waals surface area contributed by atoms with Crippen LogP contribution in [0.2, 0.25) is 0 Å². The minimum Gasteiger partial charge on any atom is -0.381 e. The minimum atomic E-state index is 0.561. The van der Waals surface area contributed by atoms with Crippen molar-refractivity contribution in [2.24, 2.45) is 5.92 Å². The number of ether oxygens (including phenoxy) is 2. The highest BCUT2D eigenvalue weighted by Gasteiger charge is 2.38. The Morgan fingerprint density at radius 1 is 0.875 bits per heavy atom. The fourth-order valence-corrected chi connectivity index (χ4v) is 3.55. The van der Waals surface area contributed by atoms with Crippen molar-refractivity contribution in [1.82, 2.24) is 5.32 Å². The Balaban J connectivity index is 1.56. The van der Waals surface area contributed by atoms with E-state index < -0.39 is 0 Å². The Morgan fingerprint density at radius 2 is 1.75 bits per heavy atom. The van der Waals surface area contributed by atoms with Crippen LogP contribution in [0.25, 0.3) is 0 Å². The van der Waals surface area contributed by atoms with Crippen molar-refractivity contribution >= 4 is 0 Å². The van der Waals surface area contributed by atoms with Crippen LogP contribution in [-0.2, 0) is 9.47 Å². The van der Waals surface area contributed by atoms with Crippen molar-refractivity contribution in [2.45, 2.75) is 56.7 Å². The Kier molecular flexibility index (Phi) is 3.46. The van der Waals surface area contributed by atoms with Gasteiger partial charge in [-0.25, -0.2) is 0 Å². The molecule has 0 bridgehead atoms. The van der Waals surface area contributed by atoms with E-state index in [9.17, 15) is 0 Å². The van der Waals surface area contributed by atoms with Crippen molar-refractivity contribution in [3.63, 3.8) is 0 Å². The van der Waals surface area contributed by atoms with E-state index in [2.05, 4.69) is 5.32 Å². The lowest BCUT2D eigenvalue weighted by Crippen LogP contribution is -2.49. The Hall–Kier alpha value is -0.120. The molecule has 3 nitrogen and oxygen atoms in total. The first-order valence-electron chi connectivity index (χ1n) is 6.89. The topological polar surface area (TPSA) is 30.5 Å². The third kappa shape index (κ3) is 2.27. The van der Waals surface area contributed by atoms with Crippen LogP contribution >= 0.6 is 0 Å². The van der Waals surface area contributed by atoms with Crippen molar-refractivity contribution in [1.29, 1.82) is 0 Å². The van der Waals surface area contributed by atoms with Gasteiger partial charge in [0.1, 0.15) is 0 Å². The molecule has 3 aliphatic rings. The lowest BCUT2D eigenvalue weighted by atomic mass is 9.81. The molecule has 92 valence electrons. The van der Waals surface area contributed by atoms with Crippen LogP contribution in [0, 0.1) is 5.92 Å². The fraction of sp³-hybridized carbons (Fsp3) is 1.00. The summed E-state index contributed by atoms with van der Waals surface area (Å²) in [7, 11) is 0. The summed E-state index contributed by atoms with van der Waals surface area (Å²) in [6.07, 6.45) is 8.18. The van der Waals surface area contributed by atoms with Gasteiger partial charge in [-0.1, -0.05) is 0 Å². The molecular formula is C13H23NO2. The second-order valence-corrected chi connectivity index (χ2v) is 5.45. The van der Waals surface area contributed by atoms with E-state index in [1.54, 1.807) is 0 Å². The molecule has 1 N–H and O–H groups in total. The summed E-state index contributed by atoms with van der Waals surface area (Å²) in [5.41, 5.74) is 0. The van der Waals surface area contributed by atoms with E-state index in [0.29, 0.717) is 18.2 Å². The van der Waals surface area contributed by atoms with Gasteiger partial charge in [-0.3, -0.25) is 0 Å². The van der Waals surface area contributed by atoms with Crippen molar-refractivity contribution < 1.29 is 9.47 Å². The average molecular weight is 225 g/mol. The standard InChI is InChI=1S/C13H23NO2/c1-2-12(11-6-9-16-13(11)3-1)14-10-4-7-15-8-5-10/h10-14H,1-9H2. The quantitative estimate of drug-likeness (QED) is 0.776. The third-order valence-corrected chi connectivity index (χ3v) is 4.45. The zero-order valence-corrected chi connectivity index (χ0v) is 9.99. The number of hydrogen-bond acceptors (Lipinski definition) is 3. The first-order chi connectivity index (χ1) is 7.93. The molecule has 1 aliphatic carbocycles. The van der Waals surface area contributed by atoms with E-state index in [-0.39, 0.29) is 0 Å². The number of nitrogens with one attached hydrogen (secondary N) is 1.